The van der Waals surface area contributed by atoms with E-state index in [0.717, 1.165) is 11.1 Å². The number of carboxylic acids is 1. The summed E-state index contributed by atoms with van der Waals surface area (Å²) in [5.41, 5.74) is 2.36. The second-order valence-electron chi connectivity index (χ2n) is 5.00. The van der Waals surface area contributed by atoms with Crippen molar-refractivity contribution in [3.63, 3.8) is 0 Å². The minimum Gasteiger partial charge on any atom is -0.508 e. The quantitative estimate of drug-likeness (QED) is 0.842. The Hall–Kier alpha value is -2.67. The summed E-state index contributed by atoms with van der Waals surface area (Å²) in [5, 5.41) is 18.8. The molecular formula is C16H15NO5S. The summed E-state index contributed by atoms with van der Waals surface area (Å²) >= 11 is 0. The molecule has 0 saturated heterocycles. The maximum atomic E-state index is 11.2. The van der Waals surface area contributed by atoms with Crippen molar-refractivity contribution >= 4 is 16.5 Å². The first kappa shape index (κ1) is 16.7. The fourth-order valence-corrected chi connectivity index (χ4v) is 2.65. The monoisotopic (exact) mass is 333 g/mol. The molecule has 0 aliphatic heterocycles. The highest BCUT2D eigenvalue weighted by Gasteiger charge is 2.19. The molecule has 2 aromatic carbocycles. The van der Waals surface area contributed by atoms with Gasteiger partial charge in [-0.15, -0.1) is 0 Å². The number of aromatic hydroxyl groups is 1. The number of phenolic OH excluding ortho intramolecular Hbond substituents is 1. The molecule has 2 N–H and O–H groups in total. The summed E-state index contributed by atoms with van der Waals surface area (Å²) in [5.74, 6) is -1.25. The molecule has 0 radical (unpaired) electrons. The fourth-order valence-electron chi connectivity index (χ4n) is 2.27. The van der Waals surface area contributed by atoms with Crippen molar-refractivity contribution in [2.24, 2.45) is 4.36 Å². The maximum Gasteiger partial charge on any atom is 0.330 e. The summed E-state index contributed by atoms with van der Waals surface area (Å²) < 4.78 is 24.5. The van der Waals surface area contributed by atoms with Gasteiger partial charge in [0.2, 0.25) is 0 Å². The second-order valence-corrected chi connectivity index (χ2v) is 5.64. The largest absolute Gasteiger partial charge is 0.508 e. The number of carbonyl (C=O) groups is 1. The molecule has 0 amide bonds. The summed E-state index contributed by atoms with van der Waals surface area (Å²) in [6.07, 6.45) is 0.434. The van der Waals surface area contributed by atoms with Crippen LogP contribution in [0, 0.1) is 0 Å². The van der Waals surface area contributed by atoms with Crippen LogP contribution < -0.4 is 0 Å². The maximum absolute atomic E-state index is 11.2. The van der Waals surface area contributed by atoms with Gasteiger partial charge in [-0.05, 0) is 35.2 Å². The lowest BCUT2D eigenvalue weighted by atomic mass is 9.95. The normalized spacial score (nSPS) is 11.7. The van der Waals surface area contributed by atoms with Gasteiger partial charge in [0, 0.05) is 6.42 Å². The summed E-state index contributed by atoms with van der Waals surface area (Å²) in [4.78, 5) is 11.2. The van der Waals surface area contributed by atoms with E-state index < -0.39 is 22.5 Å². The van der Waals surface area contributed by atoms with Gasteiger partial charge in [-0.25, -0.2) is 4.79 Å². The van der Waals surface area contributed by atoms with Crippen LogP contribution in [0.4, 0.5) is 0 Å². The Kier molecular flexibility index (Phi) is 5.48. The molecule has 0 fully saturated rings. The van der Waals surface area contributed by atoms with E-state index in [0.29, 0.717) is 12.0 Å². The second kappa shape index (κ2) is 7.55. The van der Waals surface area contributed by atoms with Crippen LogP contribution in [-0.2, 0) is 28.1 Å². The Morgan fingerprint density at radius 2 is 1.78 bits per heavy atom. The van der Waals surface area contributed by atoms with Crippen LogP contribution in [0.1, 0.15) is 16.7 Å². The van der Waals surface area contributed by atoms with Gasteiger partial charge in [0.15, 0.2) is 6.04 Å². The van der Waals surface area contributed by atoms with E-state index in [2.05, 4.69) is 4.36 Å². The van der Waals surface area contributed by atoms with Crippen molar-refractivity contribution in [2.75, 3.05) is 0 Å². The summed E-state index contributed by atoms with van der Waals surface area (Å²) in [7, 11) is -2.79. The number of hydrogen-bond acceptors (Lipinski definition) is 5. The first-order chi connectivity index (χ1) is 11.0. The molecule has 120 valence electrons. The molecule has 0 aliphatic carbocycles. The van der Waals surface area contributed by atoms with Gasteiger partial charge in [-0.2, -0.15) is 12.8 Å². The number of benzene rings is 2. The Balaban J connectivity index is 2.34. The summed E-state index contributed by atoms with van der Waals surface area (Å²) in [6.45, 7) is 0. The number of rotatable bonds is 6. The molecule has 0 aromatic heterocycles. The molecule has 0 saturated carbocycles. The van der Waals surface area contributed by atoms with Crippen LogP contribution in [0.15, 0.2) is 52.9 Å². The van der Waals surface area contributed by atoms with Crippen LogP contribution in [0.2, 0.25) is 0 Å². The number of aliphatic carboxylic acids is 1. The molecule has 2 rings (SSSR count). The Bertz CT molecular complexity index is 823. The van der Waals surface area contributed by atoms with Gasteiger partial charge < -0.3 is 10.2 Å². The molecular weight excluding hydrogens is 318 g/mol. The van der Waals surface area contributed by atoms with Crippen LogP contribution in [0.5, 0.6) is 5.75 Å². The van der Waals surface area contributed by atoms with Crippen molar-refractivity contribution in [2.45, 2.75) is 18.9 Å². The molecule has 1 unspecified atom stereocenters. The van der Waals surface area contributed by atoms with Crippen LogP contribution in [-0.4, -0.2) is 30.6 Å². The molecule has 23 heavy (non-hydrogen) atoms. The Labute approximate surface area is 134 Å². The Morgan fingerprint density at radius 3 is 2.39 bits per heavy atom. The molecule has 6 nitrogen and oxygen atoms in total. The molecule has 0 bridgehead atoms. The zero-order chi connectivity index (χ0) is 16.8. The standard InChI is InChI=1S/C16H15NO5S/c18-14-7-6-12(10-15(16(19)20)17-23(21)22)13(9-14)8-11-4-2-1-3-5-11/h1-7,9,15,18H,8,10H2,(H,19,20). The minimum absolute atomic E-state index is 0.0637. The van der Waals surface area contributed by atoms with E-state index in [1.165, 1.54) is 6.07 Å². The van der Waals surface area contributed by atoms with E-state index in [1.54, 1.807) is 12.1 Å². The van der Waals surface area contributed by atoms with Crippen molar-refractivity contribution in [1.29, 1.82) is 0 Å². The lowest BCUT2D eigenvalue weighted by Crippen LogP contribution is -2.21. The predicted molar refractivity (Wildman–Crippen MR) is 83.8 cm³/mol. The molecule has 0 spiro atoms. The van der Waals surface area contributed by atoms with Gasteiger partial charge in [-0.3, -0.25) is 0 Å². The first-order valence-corrected chi connectivity index (χ1v) is 7.86. The van der Waals surface area contributed by atoms with Crippen LogP contribution in [0.25, 0.3) is 0 Å². The zero-order valence-corrected chi connectivity index (χ0v) is 12.9. The molecule has 0 aliphatic rings. The SMILES string of the molecule is O=C(O)C(Cc1ccc(O)cc1Cc1ccccc1)N=S(=O)=O. The summed E-state index contributed by atoms with van der Waals surface area (Å²) in [6, 6.07) is 12.7. The van der Waals surface area contributed by atoms with Crippen LogP contribution >= 0.6 is 0 Å². The molecule has 7 heteroatoms. The van der Waals surface area contributed by atoms with Crippen molar-refractivity contribution in [1.82, 2.24) is 0 Å². The lowest BCUT2D eigenvalue weighted by Gasteiger charge is -2.12. The highest BCUT2D eigenvalue weighted by atomic mass is 32.2. The van der Waals surface area contributed by atoms with Crippen LogP contribution in [0.3, 0.4) is 0 Å². The first-order valence-electron chi connectivity index (χ1n) is 6.83. The smallest absolute Gasteiger partial charge is 0.330 e. The van der Waals surface area contributed by atoms with Crippen molar-refractivity contribution in [3.05, 3.63) is 65.2 Å². The van der Waals surface area contributed by atoms with E-state index in [9.17, 15) is 18.3 Å². The van der Waals surface area contributed by atoms with E-state index >= 15 is 0 Å². The van der Waals surface area contributed by atoms with Gasteiger partial charge in [0.05, 0.1) is 0 Å². The number of carboxylic acid groups (broad SMARTS) is 1. The number of hydrogen-bond donors (Lipinski definition) is 2. The molecule has 2 aromatic rings. The molecule has 0 heterocycles. The van der Waals surface area contributed by atoms with Crippen molar-refractivity contribution in [3.8, 4) is 5.75 Å². The zero-order valence-electron chi connectivity index (χ0n) is 12.1. The average Bonchev–Trinajstić information content (AvgIpc) is 2.49. The van der Waals surface area contributed by atoms with Gasteiger partial charge in [0.1, 0.15) is 5.75 Å². The van der Waals surface area contributed by atoms with Gasteiger partial charge in [0.25, 0.3) is 0 Å². The minimum atomic E-state index is -2.79. The highest BCUT2D eigenvalue weighted by molar-refractivity contribution is 7.61. The van der Waals surface area contributed by atoms with Crippen molar-refractivity contribution < 1.29 is 23.4 Å². The third-order valence-corrected chi connectivity index (χ3v) is 3.77. The topological polar surface area (TPSA) is 104 Å². The fraction of sp³-hybridized carbons (Fsp3) is 0.188. The predicted octanol–water partition coefficient (Wildman–Crippen LogP) is 2.04. The highest BCUT2D eigenvalue weighted by Crippen LogP contribution is 2.22. The van der Waals surface area contributed by atoms with E-state index in [1.807, 2.05) is 30.3 Å². The van der Waals surface area contributed by atoms with E-state index in [4.69, 9.17) is 5.11 Å². The third-order valence-electron chi connectivity index (χ3n) is 3.34. The van der Waals surface area contributed by atoms with Gasteiger partial charge in [-0.1, -0.05) is 36.4 Å². The lowest BCUT2D eigenvalue weighted by molar-refractivity contribution is -0.138. The van der Waals surface area contributed by atoms with E-state index in [-0.39, 0.29) is 12.2 Å². The molecule has 1 atom stereocenters. The number of phenols is 1. The van der Waals surface area contributed by atoms with Gasteiger partial charge >= 0.3 is 16.5 Å². The number of nitrogens with zero attached hydrogens (tertiary/aromatic N) is 1. The average molecular weight is 333 g/mol. The third kappa shape index (κ3) is 4.93. The Morgan fingerprint density at radius 1 is 1.09 bits per heavy atom.